The van der Waals surface area contributed by atoms with E-state index >= 15 is 0 Å². The number of nitrogens with two attached hydrogens (primary N) is 1. The Kier molecular flexibility index (Phi) is 3.19. The molecule has 0 bridgehead atoms. The fourth-order valence-corrected chi connectivity index (χ4v) is 2.85. The number of nitrogens with zero attached hydrogens (tertiary/aromatic N) is 2. The third-order valence-corrected chi connectivity index (χ3v) is 3.76. The van der Waals surface area contributed by atoms with Gasteiger partial charge in [-0.05, 0) is 31.0 Å². The lowest BCUT2D eigenvalue weighted by Crippen LogP contribution is -2.23. The molecule has 0 radical (unpaired) electrons. The molecule has 1 aliphatic heterocycles. The lowest BCUT2D eigenvalue weighted by molar-refractivity contribution is 0.0593. The minimum absolute atomic E-state index is 0.399. The molecule has 0 saturated carbocycles. The molecule has 1 unspecified atom stereocenters. The van der Waals surface area contributed by atoms with Crippen LogP contribution in [0.4, 0.5) is 5.69 Å². The summed E-state index contributed by atoms with van der Waals surface area (Å²) in [7, 11) is 0. The van der Waals surface area contributed by atoms with Crippen LogP contribution >= 0.6 is 0 Å². The molecule has 1 saturated heterocycles. The van der Waals surface area contributed by atoms with Crippen LogP contribution < -0.4 is 5.73 Å². The van der Waals surface area contributed by atoms with Crippen molar-refractivity contribution in [1.82, 2.24) is 9.55 Å². The van der Waals surface area contributed by atoms with E-state index in [0.717, 1.165) is 43.1 Å². The molecule has 2 aromatic rings. The number of benzene rings is 1. The quantitative estimate of drug-likeness (QED) is 0.843. The zero-order valence-corrected chi connectivity index (χ0v) is 11.6. The molecule has 1 aromatic carbocycles. The highest BCUT2D eigenvalue weighted by atomic mass is 16.5. The van der Waals surface area contributed by atoms with Crippen LogP contribution in [0.5, 0.6) is 0 Å². The fraction of sp³-hybridized carbons (Fsp3) is 0.533. The molecule has 1 atom stereocenters. The van der Waals surface area contributed by atoms with Crippen molar-refractivity contribution in [1.29, 1.82) is 0 Å². The second-order valence-corrected chi connectivity index (χ2v) is 5.61. The lowest BCUT2D eigenvalue weighted by atomic mass is 10.1. The van der Waals surface area contributed by atoms with Gasteiger partial charge in [-0.25, -0.2) is 4.98 Å². The van der Waals surface area contributed by atoms with Crippen molar-refractivity contribution < 1.29 is 4.74 Å². The van der Waals surface area contributed by atoms with E-state index in [2.05, 4.69) is 24.5 Å². The van der Waals surface area contributed by atoms with Gasteiger partial charge in [0.1, 0.15) is 5.82 Å². The molecule has 1 fully saturated rings. The van der Waals surface area contributed by atoms with Gasteiger partial charge in [0, 0.05) is 18.2 Å². The number of aromatic nitrogens is 2. The maximum Gasteiger partial charge on any atom is 0.112 e. The molecule has 0 aliphatic carbocycles. The molecule has 1 aliphatic rings. The molecule has 4 heteroatoms. The van der Waals surface area contributed by atoms with E-state index in [1.165, 1.54) is 5.52 Å². The van der Waals surface area contributed by atoms with Crippen molar-refractivity contribution in [2.24, 2.45) is 0 Å². The number of anilines is 1. The van der Waals surface area contributed by atoms with Crippen molar-refractivity contribution in [3.05, 3.63) is 24.0 Å². The molecular formula is C15H21N3O. The first-order valence-electron chi connectivity index (χ1n) is 7.02. The third-order valence-electron chi connectivity index (χ3n) is 3.76. The standard InChI is InChI=1S/C15H21N3O/c1-10(2)15-17-13-8-11(16)5-6-14(13)18(15)12-4-3-7-19-9-12/h5-6,8,10,12H,3-4,7,9,16H2,1-2H3. The lowest BCUT2D eigenvalue weighted by Gasteiger charge is -2.26. The SMILES string of the molecule is CC(C)c1nc2cc(N)ccc2n1C1CCCOC1. The molecule has 102 valence electrons. The summed E-state index contributed by atoms with van der Waals surface area (Å²) in [5.41, 5.74) is 8.80. The van der Waals surface area contributed by atoms with Gasteiger partial charge >= 0.3 is 0 Å². The number of nitrogen functional groups attached to an aromatic ring is 1. The predicted octanol–water partition coefficient (Wildman–Crippen LogP) is 3.09. The summed E-state index contributed by atoms with van der Waals surface area (Å²) >= 11 is 0. The van der Waals surface area contributed by atoms with Gasteiger partial charge in [0.2, 0.25) is 0 Å². The highest BCUT2D eigenvalue weighted by molar-refractivity contribution is 5.80. The highest BCUT2D eigenvalue weighted by Crippen LogP contribution is 2.30. The van der Waals surface area contributed by atoms with Crippen LogP contribution in [-0.4, -0.2) is 22.8 Å². The van der Waals surface area contributed by atoms with Crippen molar-refractivity contribution in [3.8, 4) is 0 Å². The summed E-state index contributed by atoms with van der Waals surface area (Å²) in [6, 6.07) is 6.40. The fourth-order valence-electron chi connectivity index (χ4n) is 2.85. The summed E-state index contributed by atoms with van der Waals surface area (Å²) < 4.78 is 8.00. The first-order chi connectivity index (χ1) is 9.16. The number of hydrogen-bond donors (Lipinski definition) is 1. The summed E-state index contributed by atoms with van der Waals surface area (Å²) in [5, 5.41) is 0. The van der Waals surface area contributed by atoms with E-state index in [1.807, 2.05) is 12.1 Å². The first kappa shape index (κ1) is 12.5. The van der Waals surface area contributed by atoms with Gasteiger partial charge in [-0.15, -0.1) is 0 Å². The molecule has 19 heavy (non-hydrogen) atoms. The largest absolute Gasteiger partial charge is 0.399 e. The van der Waals surface area contributed by atoms with E-state index < -0.39 is 0 Å². The molecule has 2 heterocycles. The number of imidazole rings is 1. The summed E-state index contributed by atoms with van der Waals surface area (Å²) in [6.07, 6.45) is 2.28. The third kappa shape index (κ3) is 2.21. The van der Waals surface area contributed by atoms with Gasteiger partial charge in [0.05, 0.1) is 23.7 Å². The molecule has 1 aromatic heterocycles. The Morgan fingerprint density at radius 2 is 2.26 bits per heavy atom. The average molecular weight is 259 g/mol. The van der Waals surface area contributed by atoms with Gasteiger partial charge in [0.15, 0.2) is 0 Å². The molecular weight excluding hydrogens is 238 g/mol. The molecule has 2 N–H and O–H groups in total. The molecule has 3 rings (SSSR count). The van der Waals surface area contributed by atoms with Gasteiger partial charge < -0.3 is 15.0 Å². The number of fused-ring (bicyclic) bond motifs is 1. The second kappa shape index (κ2) is 4.85. The van der Waals surface area contributed by atoms with Crippen LogP contribution in [0.3, 0.4) is 0 Å². The number of rotatable bonds is 2. The number of ether oxygens (including phenoxy) is 1. The highest BCUT2D eigenvalue weighted by Gasteiger charge is 2.23. The van der Waals surface area contributed by atoms with Crippen molar-refractivity contribution in [2.45, 2.75) is 38.6 Å². The summed E-state index contributed by atoms with van der Waals surface area (Å²) in [6.45, 7) is 6.04. The Morgan fingerprint density at radius 1 is 1.42 bits per heavy atom. The minimum Gasteiger partial charge on any atom is -0.399 e. The van der Waals surface area contributed by atoms with Crippen molar-refractivity contribution >= 4 is 16.7 Å². The van der Waals surface area contributed by atoms with E-state index in [-0.39, 0.29) is 0 Å². The van der Waals surface area contributed by atoms with Crippen LogP contribution in [0.1, 0.15) is 44.5 Å². The van der Waals surface area contributed by atoms with Gasteiger partial charge in [0.25, 0.3) is 0 Å². The topological polar surface area (TPSA) is 53.1 Å². The predicted molar refractivity (Wildman–Crippen MR) is 77.3 cm³/mol. The summed E-state index contributed by atoms with van der Waals surface area (Å²) in [5.74, 6) is 1.53. The summed E-state index contributed by atoms with van der Waals surface area (Å²) in [4.78, 5) is 4.78. The van der Waals surface area contributed by atoms with Crippen LogP contribution in [0, 0.1) is 0 Å². The zero-order valence-electron chi connectivity index (χ0n) is 11.6. The second-order valence-electron chi connectivity index (χ2n) is 5.61. The van der Waals surface area contributed by atoms with Crippen LogP contribution in [-0.2, 0) is 4.74 Å². The van der Waals surface area contributed by atoms with Gasteiger partial charge in [-0.3, -0.25) is 0 Å². The number of hydrogen-bond acceptors (Lipinski definition) is 3. The van der Waals surface area contributed by atoms with Gasteiger partial charge in [-0.1, -0.05) is 13.8 Å². The zero-order chi connectivity index (χ0) is 13.4. The Bertz CT molecular complexity index is 582. The van der Waals surface area contributed by atoms with E-state index in [0.29, 0.717) is 12.0 Å². The minimum atomic E-state index is 0.399. The monoisotopic (exact) mass is 259 g/mol. The van der Waals surface area contributed by atoms with E-state index in [1.54, 1.807) is 0 Å². The normalized spacial score (nSPS) is 20.3. The van der Waals surface area contributed by atoms with Crippen LogP contribution in [0.2, 0.25) is 0 Å². The van der Waals surface area contributed by atoms with Crippen LogP contribution in [0.25, 0.3) is 11.0 Å². The van der Waals surface area contributed by atoms with Crippen LogP contribution in [0.15, 0.2) is 18.2 Å². The van der Waals surface area contributed by atoms with E-state index in [4.69, 9.17) is 15.5 Å². The molecule has 0 amide bonds. The van der Waals surface area contributed by atoms with Gasteiger partial charge in [-0.2, -0.15) is 0 Å². The van der Waals surface area contributed by atoms with Crippen molar-refractivity contribution in [3.63, 3.8) is 0 Å². The van der Waals surface area contributed by atoms with Crippen molar-refractivity contribution in [2.75, 3.05) is 18.9 Å². The molecule has 4 nitrogen and oxygen atoms in total. The Morgan fingerprint density at radius 3 is 2.95 bits per heavy atom. The Balaban J connectivity index is 2.15. The van der Waals surface area contributed by atoms with E-state index in [9.17, 15) is 0 Å². The maximum absolute atomic E-state index is 5.86. The smallest absolute Gasteiger partial charge is 0.112 e. The maximum atomic E-state index is 5.86. The Labute approximate surface area is 113 Å². The first-order valence-corrected chi connectivity index (χ1v) is 7.02. The Hall–Kier alpha value is -1.55. The molecule has 0 spiro atoms. The average Bonchev–Trinajstić information content (AvgIpc) is 2.78.